The first-order valence-electron chi connectivity index (χ1n) is 5.99. The van der Waals surface area contributed by atoms with Gasteiger partial charge in [0.15, 0.2) is 0 Å². The molecule has 0 aliphatic heterocycles. The number of pyridine rings is 1. The number of para-hydroxylation sites is 1. The van der Waals surface area contributed by atoms with Crippen molar-refractivity contribution in [1.82, 2.24) is 4.98 Å². The van der Waals surface area contributed by atoms with Crippen LogP contribution in [0.4, 0.5) is 8.78 Å². The maximum atomic E-state index is 13.1. The van der Waals surface area contributed by atoms with E-state index in [1.165, 1.54) is 0 Å². The molecule has 94 valence electrons. The third kappa shape index (κ3) is 1.68. The number of aromatic nitrogens is 1. The number of halogens is 2. The van der Waals surface area contributed by atoms with Gasteiger partial charge in [0, 0.05) is 35.9 Å². The van der Waals surface area contributed by atoms with Crippen molar-refractivity contribution in [3.63, 3.8) is 0 Å². The normalized spacial score (nSPS) is 20.6. The fourth-order valence-corrected chi connectivity index (χ4v) is 2.73. The van der Waals surface area contributed by atoms with Crippen molar-refractivity contribution >= 4 is 10.9 Å². The van der Waals surface area contributed by atoms with Gasteiger partial charge in [-0.3, -0.25) is 4.98 Å². The summed E-state index contributed by atoms with van der Waals surface area (Å²) in [7, 11) is 0. The van der Waals surface area contributed by atoms with Crippen LogP contribution in [0.15, 0.2) is 36.4 Å². The van der Waals surface area contributed by atoms with Gasteiger partial charge in [-0.2, -0.15) is 0 Å². The Balaban J connectivity index is 2.04. The number of nitrogens with two attached hydrogens (primary N) is 1. The molecular formula is C14H14F2N2. The van der Waals surface area contributed by atoms with E-state index in [9.17, 15) is 8.78 Å². The van der Waals surface area contributed by atoms with E-state index in [0.717, 1.165) is 10.9 Å². The summed E-state index contributed by atoms with van der Waals surface area (Å²) in [4.78, 5) is 4.49. The smallest absolute Gasteiger partial charge is 0.250 e. The second kappa shape index (κ2) is 3.72. The van der Waals surface area contributed by atoms with Crippen LogP contribution in [0.5, 0.6) is 0 Å². The summed E-state index contributed by atoms with van der Waals surface area (Å²) in [6.07, 6.45) is -0.385. The van der Waals surface area contributed by atoms with E-state index in [0.29, 0.717) is 5.69 Å². The summed E-state index contributed by atoms with van der Waals surface area (Å²) in [6.45, 7) is 0.216. The third-order valence-electron chi connectivity index (χ3n) is 3.73. The molecule has 1 saturated carbocycles. The van der Waals surface area contributed by atoms with Gasteiger partial charge in [-0.05, 0) is 12.1 Å². The minimum Gasteiger partial charge on any atom is -0.330 e. The lowest BCUT2D eigenvalue weighted by Gasteiger charge is -2.46. The fourth-order valence-electron chi connectivity index (χ4n) is 2.73. The summed E-state index contributed by atoms with van der Waals surface area (Å²) >= 11 is 0. The predicted octanol–water partition coefficient (Wildman–Crippen LogP) is 2.86. The Morgan fingerprint density at radius 1 is 1.11 bits per heavy atom. The molecule has 0 bridgehead atoms. The lowest BCUT2D eigenvalue weighted by atomic mass is 9.64. The van der Waals surface area contributed by atoms with Crippen LogP contribution in [0.3, 0.4) is 0 Å². The molecule has 0 unspecified atom stereocenters. The van der Waals surface area contributed by atoms with E-state index in [1.54, 1.807) is 0 Å². The number of alkyl halides is 2. The summed E-state index contributed by atoms with van der Waals surface area (Å²) < 4.78 is 26.3. The van der Waals surface area contributed by atoms with Crippen LogP contribution >= 0.6 is 0 Å². The first kappa shape index (κ1) is 11.5. The first-order chi connectivity index (χ1) is 8.55. The van der Waals surface area contributed by atoms with Gasteiger partial charge >= 0.3 is 0 Å². The fraction of sp³-hybridized carbons (Fsp3) is 0.357. The molecule has 18 heavy (non-hydrogen) atoms. The molecule has 4 heteroatoms. The van der Waals surface area contributed by atoms with Gasteiger partial charge in [0.25, 0.3) is 0 Å². The van der Waals surface area contributed by atoms with Gasteiger partial charge in [0.2, 0.25) is 5.92 Å². The zero-order valence-corrected chi connectivity index (χ0v) is 9.87. The minimum atomic E-state index is -2.59. The molecule has 1 heterocycles. The Labute approximate surface area is 104 Å². The molecule has 2 N–H and O–H groups in total. The Morgan fingerprint density at radius 2 is 1.83 bits per heavy atom. The van der Waals surface area contributed by atoms with Crippen molar-refractivity contribution in [3.05, 3.63) is 42.1 Å². The summed E-state index contributed by atoms with van der Waals surface area (Å²) in [5, 5.41) is 1.01. The maximum Gasteiger partial charge on any atom is 0.250 e. The number of fused-ring (bicyclic) bond motifs is 1. The Bertz CT molecular complexity index is 587. The molecule has 1 aliphatic carbocycles. The molecular weight excluding hydrogens is 234 g/mol. The van der Waals surface area contributed by atoms with E-state index in [1.807, 2.05) is 36.4 Å². The lowest BCUT2D eigenvalue weighted by molar-refractivity contribution is -0.124. The quantitative estimate of drug-likeness (QED) is 0.887. The van der Waals surface area contributed by atoms with Crippen LogP contribution in [0, 0.1) is 0 Å². The second-order valence-electron chi connectivity index (χ2n) is 5.08. The Kier molecular flexibility index (Phi) is 2.38. The molecule has 1 aromatic carbocycles. The molecule has 1 aliphatic rings. The van der Waals surface area contributed by atoms with Gasteiger partial charge in [0.1, 0.15) is 0 Å². The van der Waals surface area contributed by atoms with Crippen molar-refractivity contribution in [2.24, 2.45) is 5.73 Å². The van der Waals surface area contributed by atoms with Crippen LogP contribution < -0.4 is 5.73 Å². The second-order valence-corrected chi connectivity index (χ2v) is 5.08. The minimum absolute atomic E-state index is 0.193. The zero-order chi connectivity index (χ0) is 12.8. The molecule has 2 nitrogen and oxygen atoms in total. The maximum absolute atomic E-state index is 13.1. The number of hydrogen-bond donors (Lipinski definition) is 1. The van der Waals surface area contributed by atoms with Crippen LogP contribution in [-0.4, -0.2) is 17.5 Å². The molecule has 1 aromatic heterocycles. The molecule has 0 atom stereocenters. The highest BCUT2D eigenvalue weighted by atomic mass is 19.3. The van der Waals surface area contributed by atoms with Crippen molar-refractivity contribution < 1.29 is 8.78 Å². The van der Waals surface area contributed by atoms with E-state index < -0.39 is 11.3 Å². The van der Waals surface area contributed by atoms with Crippen molar-refractivity contribution in [3.8, 4) is 0 Å². The number of nitrogens with zero attached hydrogens (tertiary/aromatic N) is 1. The average Bonchev–Trinajstić information content (AvgIpc) is 2.34. The molecule has 0 radical (unpaired) electrons. The number of benzene rings is 1. The third-order valence-corrected chi connectivity index (χ3v) is 3.73. The van der Waals surface area contributed by atoms with Crippen LogP contribution in [0.25, 0.3) is 10.9 Å². The SMILES string of the molecule is NCC1(c2ccc3ccccc3n2)CC(F)(F)C1. The average molecular weight is 248 g/mol. The summed E-state index contributed by atoms with van der Waals surface area (Å²) in [6, 6.07) is 11.4. The van der Waals surface area contributed by atoms with Crippen LogP contribution in [-0.2, 0) is 5.41 Å². The largest absolute Gasteiger partial charge is 0.330 e. The molecule has 0 spiro atoms. The van der Waals surface area contributed by atoms with Gasteiger partial charge in [-0.25, -0.2) is 8.78 Å². The van der Waals surface area contributed by atoms with Crippen molar-refractivity contribution in [2.45, 2.75) is 24.2 Å². The lowest BCUT2D eigenvalue weighted by Crippen LogP contribution is -2.54. The standard InChI is InChI=1S/C14H14F2N2/c15-14(16)7-13(8-14,9-17)12-6-5-10-3-1-2-4-11(10)18-12/h1-6H,7-9,17H2. The Morgan fingerprint density at radius 3 is 2.50 bits per heavy atom. The molecule has 3 rings (SSSR count). The van der Waals surface area contributed by atoms with Crippen LogP contribution in [0.2, 0.25) is 0 Å². The van der Waals surface area contributed by atoms with Gasteiger partial charge in [0.05, 0.1) is 5.52 Å². The van der Waals surface area contributed by atoms with E-state index in [4.69, 9.17) is 5.73 Å². The zero-order valence-electron chi connectivity index (χ0n) is 9.87. The first-order valence-corrected chi connectivity index (χ1v) is 5.99. The molecule has 0 amide bonds. The number of hydrogen-bond acceptors (Lipinski definition) is 2. The summed E-state index contributed by atoms with van der Waals surface area (Å²) in [5.41, 5.74) is 6.57. The van der Waals surface area contributed by atoms with E-state index >= 15 is 0 Å². The van der Waals surface area contributed by atoms with Crippen molar-refractivity contribution in [2.75, 3.05) is 6.54 Å². The Hall–Kier alpha value is -1.55. The van der Waals surface area contributed by atoms with Gasteiger partial charge < -0.3 is 5.73 Å². The predicted molar refractivity (Wildman–Crippen MR) is 66.7 cm³/mol. The monoisotopic (exact) mass is 248 g/mol. The number of rotatable bonds is 2. The van der Waals surface area contributed by atoms with E-state index in [2.05, 4.69) is 4.98 Å². The van der Waals surface area contributed by atoms with Crippen LogP contribution in [0.1, 0.15) is 18.5 Å². The molecule has 1 fully saturated rings. The molecule has 0 saturated heterocycles. The highest BCUT2D eigenvalue weighted by Gasteiger charge is 2.57. The highest BCUT2D eigenvalue weighted by Crippen LogP contribution is 2.52. The van der Waals surface area contributed by atoms with Gasteiger partial charge in [-0.1, -0.05) is 24.3 Å². The highest BCUT2D eigenvalue weighted by molar-refractivity contribution is 5.78. The van der Waals surface area contributed by atoms with Gasteiger partial charge in [-0.15, -0.1) is 0 Å². The summed E-state index contributed by atoms with van der Waals surface area (Å²) in [5.74, 6) is -2.59. The molecule has 2 aromatic rings. The van der Waals surface area contributed by atoms with E-state index in [-0.39, 0.29) is 19.4 Å². The van der Waals surface area contributed by atoms with Crippen molar-refractivity contribution in [1.29, 1.82) is 0 Å². The topological polar surface area (TPSA) is 38.9 Å².